The summed E-state index contributed by atoms with van der Waals surface area (Å²) in [5.74, 6) is 1.00. The molecule has 0 aliphatic rings. The van der Waals surface area contributed by atoms with Crippen molar-refractivity contribution in [3.63, 3.8) is 0 Å². The molecule has 2 N–H and O–H groups in total. The van der Waals surface area contributed by atoms with Gasteiger partial charge < -0.3 is 24.8 Å². The van der Waals surface area contributed by atoms with Gasteiger partial charge in [-0.15, -0.1) is 0 Å². The van der Waals surface area contributed by atoms with Gasteiger partial charge in [-0.3, -0.25) is 4.79 Å². The minimum absolute atomic E-state index is 0.121. The van der Waals surface area contributed by atoms with Crippen LogP contribution in [0.4, 0.5) is 11.4 Å². The second kappa shape index (κ2) is 10.1. The lowest BCUT2D eigenvalue weighted by molar-refractivity contribution is -0.112. The molecule has 2 aromatic rings. The molecule has 0 aliphatic heterocycles. The first-order valence-corrected chi connectivity index (χ1v) is 8.72. The molecule has 1 amide bonds. The lowest BCUT2D eigenvalue weighted by atomic mass is 10.2. The van der Waals surface area contributed by atoms with E-state index in [0.717, 1.165) is 0 Å². The number of carbonyl (C=O) groups is 1. The average molecular weight is 402 g/mol. The van der Waals surface area contributed by atoms with Crippen LogP contribution in [-0.4, -0.2) is 26.7 Å². The molecule has 0 saturated heterocycles. The van der Waals surface area contributed by atoms with Gasteiger partial charge in [0.1, 0.15) is 28.9 Å². The number of amides is 1. The van der Waals surface area contributed by atoms with E-state index in [9.17, 15) is 10.1 Å². The first kappa shape index (κ1) is 20.9. The summed E-state index contributed by atoms with van der Waals surface area (Å²) in [5, 5.41) is 15.2. The monoisotopic (exact) mass is 401 g/mol. The Morgan fingerprint density at radius 3 is 2.43 bits per heavy atom. The summed E-state index contributed by atoms with van der Waals surface area (Å²) < 4.78 is 15.8. The van der Waals surface area contributed by atoms with Crippen LogP contribution in [-0.2, 0) is 4.79 Å². The highest BCUT2D eigenvalue weighted by Crippen LogP contribution is 2.35. The molecule has 0 heterocycles. The highest BCUT2D eigenvalue weighted by Gasteiger charge is 2.12. The lowest BCUT2D eigenvalue weighted by Crippen LogP contribution is -2.14. The molecule has 0 fully saturated rings. The molecule has 0 aliphatic carbocycles. The van der Waals surface area contributed by atoms with Gasteiger partial charge in [-0.2, -0.15) is 5.26 Å². The molecule has 8 heteroatoms. The summed E-state index contributed by atoms with van der Waals surface area (Å²) in [6, 6.07) is 11.9. The number of methoxy groups -OCH3 is 2. The molecule has 146 valence electrons. The number of nitrogens with one attached hydrogen (secondary N) is 2. The Bertz CT molecular complexity index is 905. The molecular weight excluding hydrogens is 382 g/mol. The molecule has 0 unspecified atom stereocenters. The zero-order chi connectivity index (χ0) is 20.5. The van der Waals surface area contributed by atoms with Crippen molar-refractivity contribution in [2.75, 3.05) is 31.5 Å². The van der Waals surface area contributed by atoms with E-state index in [4.69, 9.17) is 25.8 Å². The molecular formula is C20H20ClN3O4. The smallest absolute Gasteiger partial charge is 0.267 e. The summed E-state index contributed by atoms with van der Waals surface area (Å²) in [6.07, 6.45) is 1.29. The largest absolute Gasteiger partial charge is 0.495 e. The number of benzene rings is 2. The standard InChI is InChI=1S/C20H20ClN3O4/c1-4-28-15-7-5-14(6-8-15)24-20(25)13(11-22)12-23-17-10-18(26-2)16(21)9-19(17)27-3/h5-10,12,23H,4H2,1-3H3,(H,24,25)/b13-12-. The predicted molar refractivity (Wildman–Crippen MR) is 108 cm³/mol. The van der Waals surface area contributed by atoms with Gasteiger partial charge in [0.2, 0.25) is 0 Å². The molecule has 0 saturated carbocycles. The van der Waals surface area contributed by atoms with Crippen LogP contribution in [0.1, 0.15) is 6.92 Å². The van der Waals surface area contributed by atoms with Crippen molar-refractivity contribution in [3.05, 3.63) is 53.2 Å². The van der Waals surface area contributed by atoms with Gasteiger partial charge in [-0.25, -0.2) is 0 Å². The second-order valence-electron chi connectivity index (χ2n) is 5.41. The molecule has 0 atom stereocenters. The van der Waals surface area contributed by atoms with Crippen LogP contribution in [0.25, 0.3) is 0 Å². The van der Waals surface area contributed by atoms with E-state index in [2.05, 4.69) is 10.6 Å². The number of nitrogens with zero attached hydrogens (tertiary/aromatic N) is 1. The normalized spacial score (nSPS) is 10.6. The van der Waals surface area contributed by atoms with Crippen LogP contribution in [0.2, 0.25) is 5.02 Å². The maximum atomic E-state index is 12.4. The van der Waals surface area contributed by atoms with Crippen molar-refractivity contribution >= 4 is 28.9 Å². The number of halogens is 1. The van der Waals surface area contributed by atoms with E-state index in [1.807, 2.05) is 13.0 Å². The average Bonchev–Trinajstić information content (AvgIpc) is 2.70. The SMILES string of the molecule is CCOc1ccc(NC(=O)/C(C#N)=C\Nc2cc(OC)c(Cl)cc2OC)cc1. The second-order valence-corrected chi connectivity index (χ2v) is 5.82. The Hall–Kier alpha value is -3.37. The highest BCUT2D eigenvalue weighted by atomic mass is 35.5. The molecule has 0 bridgehead atoms. The van der Waals surface area contributed by atoms with Gasteiger partial charge in [-0.05, 0) is 31.2 Å². The summed E-state index contributed by atoms with van der Waals surface area (Å²) >= 11 is 6.07. The molecule has 0 aromatic heterocycles. The lowest BCUT2D eigenvalue weighted by Gasteiger charge is -2.12. The molecule has 2 aromatic carbocycles. The number of nitriles is 1. The fourth-order valence-corrected chi connectivity index (χ4v) is 2.50. The topological polar surface area (TPSA) is 92.6 Å². The van der Waals surface area contributed by atoms with Crippen molar-refractivity contribution in [3.8, 4) is 23.3 Å². The summed E-state index contributed by atoms with van der Waals surface area (Å²) in [4.78, 5) is 12.4. The summed E-state index contributed by atoms with van der Waals surface area (Å²) in [7, 11) is 2.97. The third-order valence-electron chi connectivity index (χ3n) is 3.63. The molecule has 2 rings (SSSR count). The predicted octanol–water partition coefficient (Wildman–Crippen LogP) is 4.21. The third-order valence-corrected chi connectivity index (χ3v) is 3.93. The van der Waals surface area contributed by atoms with Crippen LogP contribution >= 0.6 is 11.6 Å². The van der Waals surface area contributed by atoms with Gasteiger partial charge in [-0.1, -0.05) is 11.6 Å². The summed E-state index contributed by atoms with van der Waals surface area (Å²) in [5.41, 5.74) is 0.913. The highest BCUT2D eigenvalue weighted by molar-refractivity contribution is 6.32. The van der Waals surface area contributed by atoms with Gasteiger partial charge in [0.25, 0.3) is 5.91 Å². The Balaban J connectivity index is 2.15. The maximum absolute atomic E-state index is 12.4. The van der Waals surface area contributed by atoms with E-state index in [1.165, 1.54) is 20.4 Å². The van der Waals surface area contributed by atoms with Gasteiger partial charge in [0.15, 0.2) is 0 Å². The van der Waals surface area contributed by atoms with Crippen LogP contribution in [0.5, 0.6) is 17.2 Å². The minimum atomic E-state index is -0.556. The fraction of sp³-hybridized carbons (Fsp3) is 0.200. The molecule has 0 radical (unpaired) electrons. The van der Waals surface area contributed by atoms with Gasteiger partial charge in [0.05, 0.1) is 31.5 Å². The quantitative estimate of drug-likeness (QED) is 0.508. The van der Waals surface area contributed by atoms with E-state index < -0.39 is 5.91 Å². The first-order valence-electron chi connectivity index (χ1n) is 8.34. The fourth-order valence-electron chi connectivity index (χ4n) is 2.27. The van der Waals surface area contributed by atoms with Crippen LogP contribution in [0.3, 0.4) is 0 Å². The van der Waals surface area contributed by atoms with Crippen LogP contribution in [0.15, 0.2) is 48.2 Å². The van der Waals surface area contributed by atoms with E-state index in [0.29, 0.717) is 40.3 Å². The zero-order valence-corrected chi connectivity index (χ0v) is 16.5. The molecule has 7 nitrogen and oxygen atoms in total. The summed E-state index contributed by atoms with van der Waals surface area (Å²) in [6.45, 7) is 2.44. The Labute approximate surface area is 168 Å². The zero-order valence-electron chi connectivity index (χ0n) is 15.7. The molecule has 28 heavy (non-hydrogen) atoms. The number of carbonyl (C=O) groups excluding carboxylic acids is 1. The number of anilines is 2. The first-order chi connectivity index (χ1) is 13.5. The van der Waals surface area contributed by atoms with Crippen LogP contribution < -0.4 is 24.8 Å². The van der Waals surface area contributed by atoms with Crippen molar-refractivity contribution < 1.29 is 19.0 Å². The Morgan fingerprint density at radius 1 is 1.18 bits per heavy atom. The molecule has 0 spiro atoms. The Kier molecular flexibility index (Phi) is 7.55. The van der Waals surface area contributed by atoms with Crippen molar-refractivity contribution in [1.29, 1.82) is 5.26 Å². The number of hydrogen-bond donors (Lipinski definition) is 2. The van der Waals surface area contributed by atoms with E-state index in [-0.39, 0.29) is 5.57 Å². The van der Waals surface area contributed by atoms with E-state index >= 15 is 0 Å². The Morgan fingerprint density at radius 2 is 1.86 bits per heavy atom. The number of hydrogen-bond acceptors (Lipinski definition) is 6. The van der Waals surface area contributed by atoms with Gasteiger partial charge in [0, 0.05) is 24.0 Å². The van der Waals surface area contributed by atoms with Crippen molar-refractivity contribution in [2.24, 2.45) is 0 Å². The van der Waals surface area contributed by atoms with Crippen molar-refractivity contribution in [1.82, 2.24) is 0 Å². The van der Waals surface area contributed by atoms with Gasteiger partial charge >= 0.3 is 0 Å². The van der Waals surface area contributed by atoms with Crippen molar-refractivity contribution in [2.45, 2.75) is 6.92 Å². The van der Waals surface area contributed by atoms with E-state index in [1.54, 1.807) is 36.4 Å². The maximum Gasteiger partial charge on any atom is 0.267 e. The minimum Gasteiger partial charge on any atom is -0.495 e. The van der Waals surface area contributed by atoms with Crippen LogP contribution in [0, 0.1) is 11.3 Å². The number of ether oxygens (including phenoxy) is 3. The number of rotatable bonds is 8. The third kappa shape index (κ3) is 5.32.